The maximum absolute atomic E-state index is 10.3. The number of benzene rings is 1. The Morgan fingerprint density at radius 2 is 1.97 bits per heavy atom. The quantitative estimate of drug-likeness (QED) is 0.624. The van der Waals surface area contributed by atoms with Gasteiger partial charge in [0.2, 0.25) is 0 Å². The van der Waals surface area contributed by atoms with Crippen LogP contribution < -0.4 is 4.74 Å². The van der Waals surface area contributed by atoms with E-state index >= 15 is 0 Å². The normalized spacial score (nSPS) is 16.7. The zero-order valence-electron chi connectivity index (χ0n) is 18.2. The highest BCUT2D eigenvalue weighted by Crippen LogP contribution is 2.16. The number of β-amino-alcohol motifs (C(OH)–C–C–N with tert-alkyl or cyclic N) is 1. The van der Waals surface area contributed by atoms with Gasteiger partial charge in [-0.05, 0) is 55.6 Å². The molecular formula is C24H35N3O3. The molecule has 3 rings (SSSR count). The van der Waals surface area contributed by atoms with Gasteiger partial charge >= 0.3 is 0 Å². The molecular weight excluding hydrogens is 378 g/mol. The fraction of sp³-hybridized carbons (Fsp3) is 0.542. The minimum absolute atomic E-state index is 0.193. The Labute approximate surface area is 180 Å². The van der Waals surface area contributed by atoms with Gasteiger partial charge in [0, 0.05) is 38.9 Å². The van der Waals surface area contributed by atoms with Crippen molar-refractivity contribution in [3.63, 3.8) is 0 Å². The average molecular weight is 414 g/mol. The molecule has 1 aromatic heterocycles. The molecule has 0 aliphatic carbocycles. The Morgan fingerprint density at radius 1 is 1.17 bits per heavy atom. The van der Waals surface area contributed by atoms with Crippen LogP contribution in [-0.2, 0) is 19.5 Å². The molecule has 1 saturated heterocycles. The molecule has 1 aliphatic heterocycles. The van der Waals surface area contributed by atoms with Gasteiger partial charge in [0.15, 0.2) is 0 Å². The van der Waals surface area contributed by atoms with Crippen LogP contribution in [0.4, 0.5) is 0 Å². The monoisotopic (exact) mass is 413 g/mol. The lowest BCUT2D eigenvalue weighted by molar-refractivity contribution is 0.0337. The van der Waals surface area contributed by atoms with Gasteiger partial charge in [-0.3, -0.25) is 9.88 Å². The van der Waals surface area contributed by atoms with Gasteiger partial charge in [-0.25, -0.2) is 0 Å². The Hall–Kier alpha value is -1.99. The Bertz CT molecular complexity index is 761. The molecule has 0 bridgehead atoms. The number of hydrogen-bond donors (Lipinski definition) is 2. The first-order valence-corrected chi connectivity index (χ1v) is 10.9. The highest BCUT2D eigenvalue weighted by Gasteiger charge is 2.19. The number of aliphatic hydroxyl groups is 2. The van der Waals surface area contributed by atoms with Crippen LogP contribution in [0.25, 0.3) is 0 Å². The molecule has 1 atom stereocenters. The summed E-state index contributed by atoms with van der Waals surface area (Å²) < 4.78 is 5.84. The molecule has 2 heterocycles. The molecule has 2 N–H and O–H groups in total. The van der Waals surface area contributed by atoms with E-state index < -0.39 is 6.10 Å². The number of hydrogen-bond acceptors (Lipinski definition) is 6. The van der Waals surface area contributed by atoms with Crippen LogP contribution in [0, 0.1) is 0 Å². The molecule has 164 valence electrons. The Balaban J connectivity index is 1.44. The van der Waals surface area contributed by atoms with Gasteiger partial charge in [-0.1, -0.05) is 25.1 Å². The lowest BCUT2D eigenvalue weighted by Crippen LogP contribution is -2.41. The second kappa shape index (κ2) is 11.4. The van der Waals surface area contributed by atoms with Crippen molar-refractivity contribution >= 4 is 0 Å². The molecule has 6 heteroatoms. The summed E-state index contributed by atoms with van der Waals surface area (Å²) in [5, 5.41) is 19.9. The average Bonchev–Trinajstić information content (AvgIpc) is 2.75. The van der Waals surface area contributed by atoms with E-state index in [0.717, 1.165) is 56.9 Å². The molecule has 2 aromatic rings. The molecule has 6 nitrogen and oxygen atoms in total. The maximum atomic E-state index is 10.3. The number of pyridine rings is 1. The Morgan fingerprint density at radius 3 is 2.67 bits per heavy atom. The van der Waals surface area contributed by atoms with Crippen LogP contribution in [0.3, 0.4) is 0 Å². The van der Waals surface area contributed by atoms with Crippen LogP contribution in [0.2, 0.25) is 0 Å². The summed E-state index contributed by atoms with van der Waals surface area (Å²) in [5.74, 6) is 0.777. The third kappa shape index (κ3) is 7.36. The van der Waals surface area contributed by atoms with E-state index in [1.807, 2.05) is 24.4 Å². The van der Waals surface area contributed by atoms with Crippen molar-refractivity contribution in [2.45, 2.75) is 51.5 Å². The second-order valence-corrected chi connectivity index (χ2v) is 8.33. The van der Waals surface area contributed by atoms with E-state index in [0.29, 0.717) is 6.54 Å². The second-order valence-electron chi connectivity index (χ2n) is 8.33. The van der Waals surface area contributed by atoms with Crippen molar-refractivity contribution in [3.05, 3.63) is 59.4 Å². The first-order chi connectivity index (χ1) is 14.5. The zero-order valence-corrected chi connectivity index (χ0v) is 18.2. The SMILES string of the molecule is CCc1ccc(CN(C)Cc2cccc(OCC(O)CN3CCC(O)CC3)c2)nc1. The van der Waals surface area contributed by atoms with E-state index in [-0.39, 0.29) is 12.7 Å². The van der Waals surface area contributed by atoms with E-state index in [2.05, 4.69) is 47.0 Å². The highest BCUT2D eigenvalue weighted by atomic mass is 16.5. The fourth-order valence-corrected chi connectivity index (χ4v) is 3.78. The number of aliphatic hydroxyl groups excluding tert-OH is 2. The maximum Gasteiger partial charge on any atom is 0.119 e. The van der Waals surface area contributed by atoms with E-state index in [4.69, 9.17) is 4.74 Å². The summed E-state index contributed by atoms with van der Waals surface area (Å²) in [5.41, 5.74) is 3.49. The van der Waals surface area contributed by atoms with Gasteiger partial charge < -0.3 is 19.8 Å². The molecule has 1 aliphatic rings. The number of nitrogens with zero attached hydrogens (tertiary/aromatic N) is 3. The summed E-state index contributed by atoms with van der Waals surface area (Å²) in [7, 11) is 2.09. The van der Waals surface area contributed by atoms with Crippen LogP contribution in [-0.4, -0.2) is 70.5 Å². The molecule has 30 heavy (non-hydrogen) atoms. The molecule has 1 fully saturated rings. The fourth-order valence-electron chi connectivity index (χ4n) is 3.78. The third-order valence-corrected chi connectivity index (χ3v) is 5.55. The molecule has 1 aromatic carbocycles. The van der Waals surface area contributed by atoms with Gasteiger partial charge in [0.25, 0.3) is 0 Å². The lowest BCUT2D eigenvalue weighted by Gasteiger charge is -2.30. The number of aromatic nitrogens is 1. The third-order valence-electron chi connectivity index (χ3n) is 5.55. The van der Waals surface area contributed by atoms with Crippen molar-refractivity contribution in [1.82, 2.24) is 14.8 Å². The molecule has 0 spiro atoms. The summed E-state index contributed by atoms with van der Waals surface area (Å²) >= 11 is 0. The topological polar surface area (TPSA) is 69.1 Å². The summed E-state index contributed by atoms with van der Waals surface area (Å²) in [6.45, 7) is 6.23. The first-order valence-electron chi connectivity index (χ1n) is 10.9. The van der Waals surface area contributed by atoms with E-state index in [1.54, 1.807) is 0 Å². The van der Waals surface area contributed by atoms with Crippen LogP contribution >= 0.6 is 0 Å². The van der Waals surface area contributed by atoms with Gasteiger partial charge in [-0.2, -0.15) is 0 Å². The largest absolute Gasteiger partial charge is 0.491 e. The summed E-state index contributed by atoms with van der Waals surface area (Å²) in [6.07, 6.45) is 3.79. The van der Waals surface area contributed by atoms with Gasteiger partial charge in [0.05, 0.1) is 11.8 Å². The van der Waals surface area contributed by atoms with Crippen LogP contribution in [0.1, 0.15) is 36.6 Å². The van der Waals surface area contributed by atoms with Crippen molar-refractivity contribution in [1.29, 1.82) is 0 Å². The van der Waals surface area contributed by atoms with Gasteiger partial charge in [0.1, 0.15) is 18.5 Å². The molecule has 0 amide bonds. The number of ether oxygens (including phenoxy) is 1. The number of rotatable bonds is 10. The smallest absolute Gasteiger partial charge is 0.119 e. The van der Waals surface area contributed by atoms with Crippen molar-refractivity contribution in [3.8, 4) is 5.75 Å². The van der Waals surface area contributed by atoms with Gasteiger partial charge in [-0.15, -0.1) is 0 Å². The van der Waals surface area contributed by atoms with Crippen molar-refractivity contribution < 1.29 is 14.9 Å². The minimum atomic E-state index is -0.538. The van der Waals surface area contributed by atoms with E-state index in [1.165, 1.54) is 11.1 Å². The summed E-state index contributed by atoms with van der Waals surface area (Å²) in [4.78, 5) is 8.95. The predicted octanol–water partition coefficient (Wildman–Crippen LogP) is 2.47. The predicted molar refractivity (Wildman–Crippen MR) is 118 cm³/mol. The van der Waals surface area contributed by atoms with Crippen molar-refractivity contribution in [2.75, 3.05) is 33.3 Å². The zero-order chi connectivity index (χ0) is 21.3. The number of likely N-dealkylation sites (tertiary alicyclic amines) is 1. The molecule has 1 unspecified atom stereocenters. The first kappa shape index (κ1) is 22.7. The molecule has 0 radical (unpaired) electrons. The summed E-state index contributed by atoms with van der Waals surface area (Å²) in [6, 6.07) is 12.3. The highest BCUT2D eigenvalue weighted by molar-refractivity contribution is 5.28. The minimum Gasteiger partial charge on any atom is -0.491 e. The number of aryl methyl sites for hydroxylation is 1. The van der Waals surface area contributed by atoms with Crippen molar-refractivity contribution in [2.24, 2.45) is 0 Å². The standard InChI is InChI=1S/C24H35N3O3/c1-3-19-7-8-21(25-14-19)16-26(2)15-20-5-4-6-24(13-20)30-18-23(29)17-27-11-9-22(28)10-12-27/h4-8,13-14,22-23,28-29H,3,9-12,15-18H2,1-2H3. The molecule has 0 saturated carbocycles. The Kier molecular flexibility index (Phi) is 8.63. The lowest BCUT2D eigenvalue weighted by atomic mass is 10.1. The van der Waals surface area contributed by atoms with E-state index in [9.17, 15) is 10.2 Å². The number of piperidine rings is 1. The van der Waals surface area contributed by atoms with Crippen LogP contribution in [0.15, 0.2) is 42.6 Å². The van der Waals surface area contributed by atoms with Crippen LogP contribution in [0.5, 0.6) is 5.75 Å².